The predicted octanol–water partition coefficient (Wildman–Crippen LogP) is 7.24. The summed E-state index contributed by atoms with van der Waals surface area (Å²) >= 11 is 3.31. The van der Waals surface area contributed by atoms with E-state index in [0.717, 1.165) is 45.3 Å². The first-order chi connectivity index (χ1) is 21.3. The van der Waals surface area contributed by atoms with Crippen molar-refractivity contribution in [1.29, 1.82) is 0 Å². The lowest BCUT2D eigenvalue weighted by Crippen LogP contribution is -2.26. The quantitative estimate of drug-likeness (QED) is 0.112. The molecule has 0 saturated carbocycles. The number of pyridine rings is 1. The van der Waals surface area contributed by atoms with Crippen molar-refractivity contribution >= 4 is 35.3 Å². The van der Waals surface area contributed by atoms with Gasteiger partial charge in [0.2, 0.25) is 11.8 Å². The maximum Gasteiger partial charge on any atom is 0.222 e. The molecule has 4 rings (SSSR count). The fourth-order valence-corrected chi connectivity index (χ4v) is 5.96. The Kier molecular flexibility index (Phi) is 15.2. The van der Waals surface area contributed by atoms with E-state index in [1.807, 2.05) is 80.8 Å². The lowest BCUT2D eigenvalue weighted by Gasteiger charge is -2.17. The van der Waals surface area contributed by atoms with Crippen LogP contribution in [0, 0.1) is 0 Å². The van der Waals surface area contributed by atoms with E-state index in [1.54, 1.807) is 70.0 Å². The Balaban J connectivity index is 0.000000240. The fourth-order valence-electron chi connectivity index (χ4n) is 4.15. The van der Waals surface area contributed by atoms with Crippen molar-refractivity contribution in [3.05, 3.63) is 115 Å². The lowest BCUT2D eigenvalue weighted by molar-refractivity contribution is -0.131. The number of aromatic nitrogens is 1. The van der Waals surface area contributed by atoms with Gasteiger partial charge in [0, 0.05) is 62.2 Å². The average molecular weight is 632 g/mol. The molecule has 0 aliphatic heterocycles. The molecule has 0 bridgehead atoms. The molecule has 0 atom stereocenters. The molecular weight excluding hydrogens is 591 g/mol. The normalized spacial score (nSPS) is 10.4. The highest BCUT2D eigenvalue weighted by Gasteiger charge is 2.10. The van der Waals surface area contributed by atoms with E-state index in [-0.39, 0.29) is 23.3 Å². The third kappa shape index (κ3) is 13.6. The summed E-state index contributed by atoms with van der Waals surface area (Å²) in [6.45, 7) is 1.24. The number of thioether (sulfide) groups is 2. The van der Waals surface area contributed by atoms with Gasteiger partial charge in [-0.05, 0) is 77.9 Å². The molecule has 0 radical (unpaired) electrons. The number of benzene rings is 3. The smallest absolute Gasteiger partial charge is 0.222 e. The molecule has 0 unspecified atom stereocenters. The van der Waals surface area contributed by atoms with Crippen LogP contribution in [0.5, 0.6) is 11.5 Å². The van der Waals surface area contributed by atoms with Crippen LogP contribution in [0.25, 0.3) is 0 Å². The van der Waals surface area contributed by atoms with Gasteiger partial charge in [-0.1, -0.05) is 48.5 Å². The largest absolute Gasteiger partial charge is 0.508 e. The van der Waals surface area contributed by atoms with Gasteiger partial charge in [0.1, 0.15) is 11.5 Å². The summed E-state index contributed by atoms with van der Waals surface area (Å²) in [5.41, 5.74) is 2.18. The van der Waals surface area contributed by atoms with Crippen LogP contribution >= 0.6 is 23.5 Å². The summed E-state index contributed by atoms with van der Waals surface area (Å²) in [6, 6.07) is 28.2. The van der Waals surface area contributed by atoms with Gasteiger partial charge >= 0.3 is 0 Å². The first-order valence-corrected chi connectivity index (χ1v) is 16.5. The standard InChI is InChI=1S/C18H21NO2S.C17H20N2O2S/c1-19(14-15-7-3-2-4-8-15)18(21)11-6-12-22-17-10-5-9-16(20)13-17;1-19(13-14-5-3-9-18-12-14)17(21)8-4-10-22-16-7-2-6-15(20)11-16/h2-5,7-10,13,20H,6,11-12,14H2,1H3;2-3,5-7,9,11-12,20H,4,8,10,13H2,1H3. The Hall–Kier alpha value is -3.95. The molecule has 3 aromatic carbocycles. The highest BCUT2D eigenvalue weighted by Crippen LogP contribution is 2.24. The van der Waals surface area contributed by atoms with Crippen molar-refractivity contribution in [1.82, 2.24) is 14.8 Å². The summed E-state index contributed by atoms with van der Waals surface area (Å²) < 4.78 is 0. The zero-order chi connectivity index (χ0) is 31.6. The molecule has 0 spiro atoms. The van der Waals surface area contributed by atoms with E-state index in [0.29, 0.717) is 25.9 Å². The fraction of sp³-hybridized carbons (Fsp3) is 0.286. The zero-order valence-corrected chi connectivity index (χ0v) is 27.0. The van der Waals surface area contributed by atoms with E-state index < -0.39 is 0 Å². The molecule has 4 aromatic rings. The van der Waals surface area contributed by atoms with Gasteiger partial charge in [0.25, 0.3) is 0 Å². The van der Waals surface area contributed by atoms with Crippen molar-refractivity contribution in [2.24, 2.45) is 0 Å². The minimum Gasteiger partial charge on any atom is -0.508 e. The van der Waals surface area contributed by atoms with Gasteiger partial charge in [-0.15, -0.1) is 23.5 Å². The Bertz CT molecular complexity index is 1310. The van der Waals surface area contributed by atoms with Crippen molar-refractivity contribution < 1.29 is 19.8 Å². The second kappa shape index (κ2) is 19.4. The molecule has 1 heterocycles. The number of hydrogen-bond donors (Lipinski definition) is 2. The highest BCUT2D eigenvalue weighted by atomic mass is 32.2. The van der Waals surface area contributed by atoms with Crippen molar-refractivity contribution in [3.63, 3.8) is 0 Å². The summed E-state index contributed by atoms with van der Waals surface area (Å²) in [7, 11) is 3.66. The minimum atomic E-state index is 0.139. The molecule has 0 aliphatic carbocycles. The second-order valence-electron chi connectivity index (χ2n) is 10.2. The average Bonchev–Trinajstić information content (AvgIpc) is 3.02. The van der Waals surface area contributed by atoms with Gasteiger partial charge in [-0.3, -0.25) is 14.6 Å². The number of carbonyl (C=O) groups excluding carboxylic acids is 2. The molecular formula is C35H41N3O4S2. The molecule has 7 nitrogen and oxygen atoms in total. The molecule has 0 saturated heterocycles. The van der Waals surface area contributed by atoms with Crippen LogP contribution in [0.4, 0.5) is 0 Å². The minimum absolute atomic E-state index is 0.139. The van der Waals surface area contributed by atoms with Crippen molar-refractivity contribution in [2.45, 2.75) is 48.6 Å². The summed E-state index contributed by atoms with van der Waals surface area (Å²) in [5, 5.41) is 18.8. The monoisotopic (exact) mass is 631 g/mol. The Labute approximate surface area is 269 Å². The van der Waals surface area contributed by atoms with E-state index in [4.69, 9.17) is 0 Å². The SMILES string of the molecule is CN(Cc1ccccc1)C(=O)CCCSc1cccc(O)c1.CN(Cc1cccnc1)C(=O)CCCSc1cccc(O)c1. The maximum absolute atomic E-state index is 12.1. The van der Waals surface area contributed by atoms with Gasteiger partial charge < -0.3 is 20.0 Å². The molecule has 0 aliphatic rings. The highest BCUT2D eigenvalue weighted by molar-refractivity contribution is 7.99. The molecule has 2 amide bonds. The lowest BCUT2D eigenvalue weighted by atomic mass is 10.2. The topological polar surface area (TPSA) is 94.0 Å². The first-order valence-electron chi connectivity index (χ1n) is 14.5. The first kappa shape index (κ1) is 34.5. The number of amides is 2. The van der Waals surface area contributed by atoms with Crippen LogP contribution in [0.3, 0.4) is 0 Å². The summed E-state index contributed by atoms with van der Waals surface area (Å²) in [6.07, 6.45) is 6.23. The van der Waals surface area contributed by atoms with Crippen LogP contribution in [-0.4, -0.2) is 62.4 Å². The van der Waals surface area contributed by atoms with E-state index in [1.165, 1.54) is 0 Å². The van der Waals surface area contributed by atoms with Gasteiger partial charge in [-0.2, -0.15) is 0 Å². The summed E-state index contributed by atoms with van der Waals surface area (Å²) in [4.78, 5) is 33.8. The predicted molar refractivity (Wildman–Crippen MR) is 180 cm³/mol. The zero-order valence-electron chi connectivity index (χ0n) is 25.3. The molecule has 0 fully saturated rings. The number of phenols is 2. The Morgan fingerprint density at radius 2 is 1.16 bits per heavy atom. The maximum atomic E-state index is 12.1. The molecule has 44 heavy (non-hydrogen) atoms. The van der Waals surface area contributed by atoms with Crippen molar-refractivity contribution in [2.75, 3.05) is 25.6 Å². The van der Waals surface area contributed by atoms with E-state index >= 15 is 0 Å². The molecule has 2 N–H and O–H groups in total. The van der Waals surface area contributed by atoms with E-state index in [9.17, 15) is 19.8 Å². The number of nitrogens with zero attached hydrogens (tertiary/aromatic N) is 3. The van der Waals surface area contributed by atoms with Crippen LogP contribution < -0.4 is 0 Å². The van der Waals surface area contributed by atoms with Gasteiger partial charge in [0.05, 0.1) is 0 Å². The number of rotatable bonds is 14. The number of carbonyl (C=O) groups is 2. The summed E-state index contributed by atoms with van der Waals surface area (Å²) in [5.74, 6) is 2.59. The third-order valence-electron chi connectivity index (χ3n) is 6.50. The van der Waals surface area contributed by atoms with Crippen LogP contribution in [-0.2, 0) is 22.7 Å². The molecule has 1 aromatic heterocycles. The molecule has 9 heteroatoms. The number of aromatic hydroxyl groups is 2. The Morgan fingerprint density at radius 3 is 1.64 bits per heavy atom. The Morgan fingerprint density at radius 1 is 0.659 bits per heavy atom. The third-order valence-corrected chi connectivity index (χ3v) is 8.66. The molecule has 232 valence electrons. The second-order valence-corrected chi connectivity index (χ2v) is 12.6. The van der Waals surface area contributed by atoms with Crippen LogP contribution in [0.2, 0.25) is 0 Å². The van der Waals surface area contributed by atoms with Gasteiger partial charge in [0.15, 0.2) is 0 Å². The van der Waals surface area contributed by atoms with Gasteiger partial charge in [-0.25, -0.2) is 0 Å². The van der Waals surface area contributed by atoms with Crippen molar-refractivity contribution in [3.8, 4) is 11.5 Å². The van der Waals surface area contributed by atoms with Crippen LogP contribution in [0.15, 0.2) is 113 Å². The number of hydrogen-bond acceptors (Lipinski definition) is 7. The van der Waals surface area contributed by atoms with Crippen LogP contribution in [0.1, 0.15) is 36.8 Å². The van der Waals surface area contributed by atoms with E-state index in [2.05, 4.69) is 4.98 Å². The number of phenolic OH excluding ortho intramolecular Hbond substituents is 2.